The van der Waals surface area contributed by atoms with Gasteiger partial charge in [0.1, 0.15) is 19.3 Å². The van der Waals surface area contributed by atoms with Gasteiger partial charge in [-0.3, -0.25) is 37.3 Å². The predicted octanol–water partition coefficient (Wildman–Crippen LogP) is 18.3. The zero-order valence-corrected chi connectivity index (χ0v) is 56.9. The molecule has 7 atom stereocenters. The molecule has 0 aromatic heterocycles. The van der Waals surface area contributed by atoms with E-state index in [1.54, 1.807) is 0 Å². The minimum absolute atomic E-state index is 0.103. The zero-order valence-electron chi connectivity index (χ0n) is 55.1. The molecule has 504 valence electrons. The molecule has 0 bridgehead atoms. The number of hydrogen-bond acceptors (Lipinski definition) is 15. The lowest BCUT2D eigenvalue weighted by molar-refractivity contribution is -0.161. The highest BCUT2D eigenvalue weighted by Gasteiger charge is 2.30. The summed E-state index contributed by atoms with van der Waals surface area (Å²) >= 11 is 0. The van der Waals surface area contributed by atoms with Crippen molar-refractivity contribution >= 4 is 39.5 Å². The number of unbranched alkanes of at least 4 members (excludes halogenated alkanes) is 30. The molecule has 17 nitrogen and oxygen atoms in total. The van der Waals surface area contributed by atoms with Crippen LogP contribution in [0.3, 0.4) is 0 Å². The third-order valence-electron chi connectivity index (χ3n) is 15.9. The summed E-state index contributed by atoms with van der Waals surface area (Å²) in [6.07, 6.45) is 38.9. The summed E-state index contributed by atoms with van der Waals surface area (Å²) in [6, 6.07) is 0. The SMILES string of the molecule is CCCCCCCCCCCCC(=O)OC[C@H](COP(=O)(O)OC[C@H](O)COP(=O)(O)OC[C@@H](COC(=O)CCCCCCCCCCC(C)C)OC(=O)CCCCCCCCCCCCC(C)CC)OC(=O)CCCCCCCCC(C)CC. The summed E-state index contributed by atoms with van der Waals surface area (Å²) in [7, 11) is -9.89. The number of aliphatic hydroxyl groups excluding tert-OH is 1. The van der Waals surface area contributed by atoms with Crippen molar-refractivity contribution < 1.29 is 80.2 Å². The Morgan fingerprint density at radius 1 is 0.341 bits per heavy atom. The third-order valence-corrected chi connectivity index (χ3v) is 17.8. The average Bonchev–Trinajstić information content (AvgIpc) is 3.54. The molecule has 0 aliphatic carbocycles. The van der Waals surface area contributed by atoms with E-state index in [0.29, 0.717) is 25.7 Å². The van der Waals surface area contributed by atoms with Gasteiger partial charge in [-0.2, -0.15) is 0 Å². The van der Waals surface area contributed by atoms with Gasteiger partial charge in [0.2, 0.25) is 0 Å². The van der Waals surface area contributed by atoms with Gasteiger partial charge in [-0.25, -0.2) is 9.13 Å². The van der Waals surface area contributed by atoms with Crippen LogP contribution in [0.2, 0.25) is 0 Å². The van der Waals surface area contributed by atoms with Gasteiger partial charge < -0.3 is 33.8 Å². The van der Waals surface area contributed by atoms with E-state index in [2.05, 4.69) is 48.5 Å². The molecule has 0 amide bonds. The number of carbonyl (C=O) groups excluding carboxylic acids is 4. The van der Waals surface area contributed by atoms with E-state index >= 15 is 0 Å². The normalized spacial score (nSPS) is 15.0. The number of phosphoric acid groups is 2. The molecule has 0 aromatic rings. The van der Waals surface area contributed by atoms with Crippen LogP contribution in [0.15, 0.2) is 0 Å². The van der Waals surface area contributed by atoms with Crippen LogP contribution in [0.4, 0.5) is 0 Å². The molecule has 0 aliphatic rings. The standard InChI is InChI=1S/C66H128O17P2/c1-8-11-12-13-14-15-19-25-33-40-47-63(68)76-54-62(83-66(71)50-43-36-29-28-32-39-46-59(7)10-3)56-81-85(74,75)79-52-60(67)51-78-84(72,73)80-55-61(53-77-64(69)48-41-34-26-22-21-23-30-37-44-57(4)5)82-65(70)49-42-35-27-20-17-16-18-24-31-38-45-58(6)9-2/h57-62,67H,8-56H2,1-7H3,(H,72,73)(H,74,75)/t58?,59?,60-,61-,62-/m1/s1. The summed E-state index contributed by atoms with van der Waals surface area (Å²) in [4.78, 5) is 72.3. The van der Waals surface area contributed by atoms with E-state index in [4.69, 9.17) is 37.0 Å². The van der Waals surface area contributed by atoms with Crippen LogP contribution in [0, 0.1) is 17.8 Å². The number of ether oxygens (including phenoxy) is 4. The van der Waals surface area contributed by atoms with Gasteiger partial charge in [0.25, 0.3) is 0 Å². The first kappa shape index (κ1) is 83.1. The summed E-state index contributed by atoms with van der Waals surface area (Å²) in [5.74, 6) is 0.114. The second-order valence-electron chi connectivity index (χ2n) is 24.8. The molecule has 3 N–H and O–H groups in total. The lowest BCUT2D eigenvalue weighted by Crippen LogP contribution is -2.30. The highest BCUT2D eigenvalue weighted by atomic mass is 31.2. The van der Waals surface area contributed by atoms with Crippen LogP contribution < -0.4 is 0 Å². The fourth-order valence-corrected chi connectivity index (χ4v) is 11.3. The van der Waals surface area contributed by atoms with Gasteiger partial charge in [-0.15, -0.1) is 0 Å². The fourth-order valence-electron chi connectivity index (χ4n) is 9.77. The second kappa shape index (κ2) is 57.2. The van der Waals surface area contributed by atoms with Gasteiger partial charge in [-0.1, -0.05) is 273 Å². The monoisotopic (exact) mass is 1250 g/mol. The van der Waals surface area contributed by atoms with E-state index in [1.807, 2.05) is 0 Å². The maximum Gasteiger partial charge on any atom is 0.472 e. The van der Waals surface area contributed by atoms with Crippen molar-refractivity contribution in [2.75, 3.05) is 39.6 Å². The summed E-state index contributed by atoms with van der Waals surface area (Å²) in [5, 5.41) is 10.6. The van der Waals surface area contributed by atoms with Crippen LogP contribution in [0.25, 0.3) is 0 Å². The van der Waals surface area contributed by atoms with Gasteiger partial charge in [-0.05, 0) is 43.4 Å². The first-order valence-electron chi connectivity index (χ1n) is 34.4. The number of rotatable bonds is 64. The summed E-state index contributed by atoms with van der Waals surface area (Å²) in [5.41, 5.74) is 0. The number of hydrogen-bond donors (Lipinski definition) is 3. The highest BCUT2D eigenvalue weighted by molar-refractivity contribution is 7.47. The molecule has 0 spiro atoms. The molecule has 85 heavy (non-hydrogen) atoms. The smallest absolute Gasteiger partial charge is 0.462 e. The van der Waals surface area contributed by atoms with Crippen molar-refractivity contribution in [2.45, 2.75) is 343 Å². The number of phosphoric ester groups is 2. The minimum Gasteiger partial charge on any atom is -0.462 e. The molecule has 0 aliphatic heterocycles. The molecule has 19 heteroatoms. The molecule has 0 aromatic carbocycles. The first-order valence-corrected chi connectivity index (χ1v) is 37.4. The molecule has 4 unspecified atom stereocenters. The van der Waals surface area contributed by atoms with Gasteiger partial charge in [0, 0.05) is 25.7 Å². The maximum absolute atomic E-state index is 13.0. The molecule has 0 heterocycles. The van der Waals surface area contributed by atoms with Gasteiger partial charge in [0.15, 0.2) is 12.2 Å². The lowest BCUT2D eigenvalue weighted by atomic mass is 9.99. The minimum atomic E-state index is -4.95. The lowest BCUT2D eigenvalue weighted by Gasteiger charge is -2.21. The molecule has 0 rings (SSSR count). The van der Waals surface area contributed by atoms with Crippen molar-refractivity contribution in [2.24, 2.45) is 17.8 Å². The summed E-state index contributed by atoms with van der Waals surface area (Å²) < 4.78 is 68.1. The van der Waals surface area contributed by atoms with Crippen LogP contribution in [-0.4, -0.2) is 96.7 Å². The number of carbonyl (C=O) groups is 4. The molecular formula is C66H128O17P2. The Hall–Kier alpha value is -1.94. The maximum atomic E-state index is 13.0. The van der Waals surface area contributed by atoms with Crippen molar-refractivity contribution in [1.29, 1.82) is 0 Å². The Bertz CT molecular complexity index is 1690. The van der Waals surface area contributed by atoms with Gasteiger partial charge >= 0.3 is 39.5 Å². The van der Waals surface area contributed by atoms with E-state index < -0.39 is 97.5 Å². The highest BCUT2D eigenvalue weighted by Crippen LogP contribution is 2.45. The zero-order chi connectivity index (χ0) is 63.1. The topological polar surface area (TPSA) is 237 Å². The van der Waals surface area contributed by atoms with E-state index in [0.717, 1.165) is 108 Å². The van der Waals surface area contributed by atoms with Crippen LogP contribution >= 0.6 is 15.6 Å². The van der Waals surface area contributed by atoms with Gasteiger partial charge in [0.05, 0.1) is 26.4 Å². The predicted molar refractivity (Wildman–Crippen MR) is 340 cm³/mol. The Morgan fingerprint density at radius 2 is 0.600 bits per heavy atom. The van der Waals surface area contributed by atoms with E-state index in [9.17, 15) is 43.2 Å². The quantitative estimate of drug-likeness (QED) is 0.0222. The van der Waals surface area contributed by atoms with Crippen molar-refractivity contribution in [3.8, 4) is 0 Å². The molecule has 0 saturated carbocycles. The Labute approximate surface area is 517 Å². The Balaban J connectivity index is 5.26. The molecule has 0 saturated heterocycles. The third kappa shape index (κ3) is 58.2. The van der Waals surface area contributed by atoms with E-state index in [1.165, 1.54) is 135 Å². The summed E-state index contributed by atoms with van der Waals surface area (Å²) in [6.45, 7) is 11.7. The number of aliphatic hydroxyl groups is 1. The van der Waals surface area contributed by atoms with Crippen molar-refractivity contribution in [3.05, 3.63) is 0 Å². The van der Waals surface area contributed by atoms with Crippen LogP contribution in [0.1, 0.15) is 325 Å². The largest absolute Gasteiger partial charge is 0.472 e. The molecule has 0 fully saturated rings. The Kier molecular flexibility index (Phi) is 55.9. The van der Waals surface area contributed by atoms with Crippen LogP contribution in [-0.2, 0) is 65.4 Å². The number of esters is 4. The van der Waals surface area contributed by atoms with Crippen molar-refractivity contribution in [1.82, 2.24) is 0 Å². The van der Waals surface area contributed by atoms with Crippen LogP contribution in [0.5, 0.6) is 0 Å². The molecular weight excluding hydrogens is 1130 g/mol. The van der Waals surface area contributed by atoms with Crippen molar-refractivity contribution in [3.63, 3.8) is 0 Å². The molecule has 0 radical (unpaired) electrons. The fraction of sp³-hybridized carbons (Fsp3) is 0.939. The second-order valence-corrected chi connectivity index (χ2v) is 27.7. The van der Waals surface area contributed by atoms with E-state index in [-0.39, 0.29) is 25.7 Å². The average molecular weight is 1260 g/mol. The first-order chi connectivity index (χ1) is 40.8. The Morgan fingerprint density at radius 3 is 0.894 bits per heavy atom.